The zero-order valence-electron chi connectivity index (χ0n) is 7.15. The summed E-state index contributed by atoms with van der Waals surface area (Å²) in [5, 5.41) is 3.24. The van der Waals surface area contributed by atoms with E-state index in [0.717, 1.165) is 5.69 Å². The molecule has 2 nitrogen and oxygen atoms in total. The molecule has 0 aromatic carbocycles. The highest BCUT2D eigenvalue weighted by Gasteiger charge is 1.91. The summed E-state index contributed by atoms with van der Waals surface area (Å²) in [4.78, 5) is 3.98. The molecule has 0 bridgehead atoms. The van der Waals surface area contributed by atoms with Crippen LogP contribution in [0.2, 0.25) is 0 Å². The predicted octanol–water partition coefficient (Wildman–Crippen LogP) is 2.75. The molecule has 0 fully saturated rings. The summed E-state index contributed by atoms with van der Waals surface area (Å²) in [7, 11) is 0. The molecule has 0 radical (unpaired) electrons. The van der Waals surface area contributed by atoms with Gasteiger partial charge in [-0.2, -0.15) is 0 Å². The third kappa shape index (κ3) is 5.22. The maximum atomic E-state index is 3.98. The molecule has 0 aliphatic carbocycles. The van der Waals surface area contributed by atoms with E-state index in [1.54, 1.807) is 6.20 Å². The summed E-state index contributed by atoms with van der Waals surface area (Å²) >= 11 is 0. The fourth-order valence-corrected chi connectivity index (χ4v) is 0.781. The second-order valence-electron chi connectivity index (χ2n) is 2.54. The normalized spacial score (nSPS) is 8.25. The SMILES string of the molecule is CC(C)Nc1cccnc1.Cl.Cl. The van der Waals surface area contributed by atoms with E-state index in [1.807, 2.05) is 18.3 Å². The van der Waals surface area contributed by atoms with Crippen molar-refractivity contribution in [3.8, 4) is 0 Å². The molecule has 4 heteroatoms. The van der Waals surface area contributed by atoms with Gasteiger partial charge in [0.2, 0.25) is 0 Å². The Morgan fingerprint density at radius 1 is 1.33 bits per heavy atom. The quantitative estimate of drug-likeness (QED) is 0.809. The van der Waals surface area contributed by atoms with Crippen LogP contribution in [0.3, 0.4) is 0 Å². The molecule has 1 aromatic heterocycles. The molecule has 1 N–H and O–H groups in total. The van der Waals surface area contributed by atoms with Gasteiger partial charge in [-0.15, -0.1) is 24.8 Å². The second kappa shape index (κ2) is 7.19. The maximum absolute atomic E-state index is 3.98. The molecular formula is C8H14Cl2N2. The number of anilines is 1. The fourth-order valence-electron chi connectivity index (χ4n) is 0.781. The first-order valence-corrected chi connectivity index (χ1v) is 3.45. The molecule has 12 heavy (non-hydrogen) atoms. The molecule has 0 saturated carbocycles. The largest absolute Gasteiger partial charge is 0.382 e. The van der Waals surface area contributed by atoms with Gasteiger partial charge in [0.25, 0.3) is 0 Å². The lowest BCUT2D eigenvalue weighted by Gasteiger charge is -2.07. The van der Waals surface area contributed by atoms with Gasteiger partial charge in [-0.3, -0.25) is 4.98 Å². The van der Waals surface area contributed by atoms with Gasteiger partial charge in [0.15, 0.2) is 0 Å². The molecule has 1 rings (SSSR count). The van der Waals surface area contributed by atoms with E-state index in [2.05, 4.69) is 24.1 Å². The Hall–Kier alpha value is -0.470. The van der Waals surface area contributed by atoms with Crippen LogP contribution < -0.4 is 5.32 Å². The van der Waals surface area contributed by atoms with Gasteiger partial charge in [-0.25, -0.2) is 0 Å². The predicted molar refractivity (Wildman–Crippen MR) is 57.5 cm³/mol. The average molecular weight is 209 g/mol. The van der Waals surface area contributed by atoms with Crippen LogP contribution in [0.5, 0.6) is 0 Å². The monoisotopic (exact) mass is 208 g/mol. The van der Waals surface area contributed by atoms with Crippen molar-refractivity contribution in [2.24, 2.45) is 0 Å². The van der Waals surface area contributed by atoms with Gasteiger partial charge >= 0.3 is 0 Å². The summed E-state index contributed by atoms with van der Waals surface area (Å²) in [6, 6.07) is 4.40. The van der Waals surface area contributed by atoms with Crippen molar-refractivity contribution in [2.75, 3.05) is 5.32 Å². The van der Waals surface area contributed by atoms with Gasteiger partial charge in [0, 0.05) is 18.4 Å². The highest BCUT2D eigenvalue weighted by molar-refractivity contribution is 5.85. The Morgan fingerprint density at radius 2 is 2.00 bits per heavy atom. The van der Waals surface area contributed by atoms with Gasteiger partial charge in [-0.05, 0) is 26.0 Å². The number of rotatable bonds is 2. The maximum Gasteiger partial charge on any atom is 0.0528 e. The van der Waals surface area contributed by atoms with Crippen LogP contribution in [-0.2, 0) is 0 Å². The van der Waals surface area contributed by atoms with Crippen molar-refractivity contribution in [2.45, 2.75) is 19.9 Å². The van der Waals surface area contributed by atoms with E-state index < -0.39 is 0 Å². The van der Waals surface area contributed by atoms with Crippen LogP contribution in [0, 0.1) is 0 Å². The lowest BCUT2D eigenvalue weighted by atomic mass is 10.3. The highest BCUT2D eigenvalue weighted by Crippen LogP contribution is 2.03. The Balaban J connectivity index is 0. The van der Waals surface area contributed by atoms with Crippen LogP contribution in [0.15, 0.2) is 24.5 Å². The molecule has 70 valence electrons. The second-order valence-corrected chi connectivity index (χ2v) is 2.54. The van der Waals surface area contributed by atoms with Crippen molar-refractivity contribution < 1.29 is 0 Å². The summed E-state index contributed by atoms with van der Waals surface area (Å²) in [5.74, 6) is 0. The van der Waals surface area contributed by atoms with Crippen molar-refractivity contribution >= 4 is 30.5 Å². The van der Waals surface area contributed by atoms with Crippen LogP contribution in [0.1, 0.15) is 13.8 Å². The summed E-state index contributed by atoms with van der Waals surface area (Å²) in [6.07, 6.45) is 3.59. The van der Waals surface area contributed by atoms with Gasteiger partial charge in [0.05, 0.1) is 5.69 Å². The fraction of sp³-hybridized carbons (Fsp3) is 0.375. The third-order valence-corrected chi connectivity index (χ3v) is 1.12. The number of hydrogen-bond acceptors (Lipinski definition) is 2. The Bertz CT molecular complexity index is 190. The van der Waals surface area contributed by atoms with Crippen molar-refractivity contribution in [3.63, 3.8) is 0 Å². The number of aromatic nitrogens is 1. The minimum Gasteiger partial charge on any atom is -0.382 e. The molecular weight excluding hydrogens is 195 g/mol. The molecule has 0 unspecified atom stereocenters. The van der Waals surface area contributed by atoms with Crippen molar-refractivity contribution in [1.82, 2.24) is 4.98 Å². The Labute approximate surface area is 85.6 Å². The molecule has 0 aliphatic rings. The van der Waals surface area contributed by atoms with Gasteiger partial charge in [0.1, 0.15) is 0 Å². The van der Waals surface area contributed by atoms with E-state index in [0.29, 0.717) is 6.04 Å². The molecule has 1 aromatic rings. The number of nitrogens with one attached hydrogen (secondary N) is 1. The van der Waals surface area contributed by atoms with E-state index in [4.69, 9.17) is 0 Å². The highest BCUT2D eigenvalue weighted by atomic mass is 35.5. The average Bonchev–Trinajstić information content (AvgIpc) is 1.88. The minimum atomic E-state index is 0. The van der Waals surface area contributed by atoms with Crippen LogP contribution >= 0.6 is 24.8 Å². The number of pyridine rings is 1. The summed E-state index contributed by atoms with van der Waals surface area (Å²) in [6.45, 7) is 4.21. The van der Waals surface area contributed by atoms with Crippen LogP contribution in [0.4, 0.5) is 5.69 Å². The van der Waals surface area contributed by atoms with Crippen LogP contribution in [-0.4, -0.2) is 11.0 Å². The van der Waals surface area contributed by atoms with E-state index in [9.17, 15) is 0 Å². The summed E-state index contributed by atoms with van der Waals surface area (Å²) < 4.78 is 0. The lowest BCUT2D eigenvalue weighted by Crippen LogP contribution is -2.09. The Kier molecular flexibility index (Phi) is 8.44. The van der Waals surface area contributed by atoms with Gasteiger partial charge < -0.3 is 5.32 Å². The molecule has 0 saturated heterocycles. The molecule has 0 amide bonds. The minimum absolute atomic E-state index is 0. The lowest BCUT2D eigenvalue weighted by molar-refractivity contribution is 0.898. The number of hydrogen-bond donors (Lipinski definition) is 1. The van der Waals surface area contributed by atoms with E-state index >= 15 is 0 Å². The first kappa shape index (κ1) is 14.1. The number of halogens is 2. The standard InChI is InChI=1S/C8H12N2.2ClH/c1-7(2)10-8-4-3-5-9-6-8;;/h3-7,10H,1-2H3;2*1H. The van der Waals surface area contributed by atoms with Crippen molar-refractivity contribution in [3.05, 3.63) is 24.5 Å². The van der Waals surface area contributed by atoms with E-state index in [-0.39, 0.29) is 24.8 Å². The zero-order chi connectivity index (χ0) is 7.40. The Morgan fingerprint density at radius 3 is 2.42 bits per heavy atom. The molecule has 0 atom stereocenters. The topological polar surface area (TPSA) is 24.9 Å². The zero-order valence-corrected chi connectivity index (χ0v) is 8.78. The van der Waals surface area contributed by atoms with Crippen molar-refractivity contribution in [1.29, 1.82) is 0 Å². The number of nitrogens with zero attached hydrogens (tertiary/aromatic N) is 1. The first-order chi connectivity index (χ1) is 4.79. The smallest absolute Gasteiger partial charge is 0.0528 e. The first-order valence-electron chi connectivity index (χ1n) is 3.45. The molecule has 0 aliphatic heterocycles. The van der Waals surface area contributed by atoms with Gasteiger partial charge in [-0.1, -0.05) is 0 Å². The van der Waals surface area contributed by atoms with E-state index in [1.165, 1.54) is 0 Å². The summed E-state index contributed by atoms with van der Waals surface area (Å²) in [5.41, 5.74) is 1.08. The molecule has 1 heterocycles. The third-order valence-electron chi connectivity index (χ3n) is 1.12. The molecule has 0 spiro atoms. The van der Waals surface area contributed by atoms with Crippen LogP contribution in [0.25, 0.3) is 0 Å².